The fourth-order valence-corrected chi connectivity index (χ4v) is 3.85. The number of carbonyl (C=O) groups excluding carboxylic acids is 1. The lowest BCUT2D eigenvalue weighted by Crippen LogP contribution is -2.54. The van der Waals surface area contributed by atoms with Crippen molar-refractivity contribution in [2.45, 2.75) is 50.4 Å². The van der Waals surface area contributed by atoms with E-state index < -0.39 is 11.8 Å². The number of nitrogens with two attached hydrogens (primary N) is 1. The van der Waals surface area contributed by atoms with Gasteiger partial charge in [-0.15, -0.1) is 0 Å². The molecule has 0 spiro atoms. The summed E-state index contributed by atoms with van der Waals surface area (Å²) in [4.78, 5) is 14.4. The third-order valence-electron chi connectivity index (χ3n) is 5.25. The predicted octanol–water partition coefficient (Wildman–Crippen LogP) is 1.78. The zero-order valence-corrected chi connectivity index (χ0v) is 14.2. The van der Waals surface area contributed by atoms with Crippen molar-refractivity contribution >= 4 is 5.91 Å². The number of ether oxygens (including phenoxy) is 1. The van der Waals surface area contributed by atoms with Gasteiger partial charge < -0.3 is 14.7 Å². The molecule has 1 aliphatic carbocycles. The van der Waals surface area contributed by atoms with Gasteiger partial charge >= 0.3 is 0 Å². The first kappa shape index (κ1) is 17.0. The van der Waals surface area contributed by atoms with Crippen LogP contribution in [0, 0.1) is 5.92 Å². The van der Waals surface area contributed by atoms with Gasteiger partial charge in [-0.1, -0.05) is 32.1 Å². The van der Waals surface area contributed by atoms with Crippen LogP contribution in [0.5, 0.6) is 11.5 Å². The Kier molecular flexibility index (Phi) is 4.96. The number of phenols is 1. The molecule has 24 heavy (non-hydrogen) atoms. The Morgan fingerprint density at radius 2 is 1.96 bits per heavy atom. The van der Waals surface area contributed by atoms with E-state index in [2.05, 4.69) is 5.32 Å². The molecule has 2 aliphatic rings. The number of rotatable bonds is 5. The molecule has 1 aromatic carbocycles. The van der Waals surface area contributed by atoms with Gasteiger partial charge in [0.2, 0.25) is 5.91 Å². The summed E-state index contributed by atoms with van der Waals surface area (Å²) in [5, 5.41) is 12.6. The Balaban J connectivity index is 1.74. The maximum atomic E-state index is 12.9. The lowest BCUT2D eigenvalue weighted by Gasteiger charge is -2.33. The third-order valence-corrected chi connectivity index (χ3v) is 5.25. The summed E-state index contributed by atoms with van der Waals surface area (Å²) in [6.07, 6.45) is 6.34. The van der Waals surface area contributed by atoms with Gasteiger partial charge in [-0.2, -0.15) is 0 Å². The molecule has 2 unspecified atom stereocenters. The summed E-state index contributed by atoms with van der Waals surface area (Å²) in [5.41, 5.74) is 5.27. The molecule has 1 saturated heterocycles. The summed E-state index contributed by atoms with van der Waals surface area (Å²) in [6, 6.07) is 6.55. The van der Waals surface area contributed by atoms with Crippen LogP contribution in [-0.4, -0.2) is 41.4 Å². The summed E-state index contributed by atoms with van der Waals surface area (Å²) in [7, 11) is 1.73. The number of carbonyl (C=O) groups is 1. The molecule has 0 aromatic heterocycles. The van der Waals surface area contributed by atoms with Gasteiger partial charge in [0.25, 0.3) is 0 Å². The van der Waals surface area contributed by atoms with Gasteiger partial charge in [0.05, 0.1) is 0 Å². The minimum atomic E-state index is -0.770. The summed E-state index contributed by atoms with van der Waals surface area (Å²) in [6.45, 7) is 0.241. The molecule has 6 nitrogen and oxygen atoms in total. The minimum Gasteiger partial charge on any atom is -0.508 e. The van der Waals surface area contributed by atoms with Crippen LogP contribution < -0.4 is 15.8 Å². The van der Waals surface area contributed by atoms with Crippen LogP contribution >= 0.6 is 0 Å². The van der Waals surface area contributed by atoms with E-state index in [0.29, 0.717) is 11.7 Å². The summed E-state index contributed by atoms with van der Waals surface area (Å²) in [5.74, 6) is 1.35. The van der Waals surface area contributed by atoms with Crippen LogP contribution in [0.25, 0.3) is 0 Å². The van der Waals surface area contributed by atoms with Crippen molar-refractivity contribution in [1.29, 1.82) is 0 Å². The molecule has 1 aliphatic heterocycles. The fourth-order valence-electron chi connectivity index (χ4n) is 3.85. The first-order valence-electron chi connectivity index (χ1n) is 8.72. The molecule has 3 rings (SSSR count). The van der Waals surface area contributed by atoms with Gasteiger partial charge in [0, 0.05) is 7.05 Å². The van der Waals surface area contributed by atoms with Crippen molar-refractivity contribution in [1.82, 2.24) is 10.2 Å². The largest absolute Gasteiger partial charge is 0.508 e. The normalized spacial score (nSPS) is 28.3. The number of hydrogen-bond acceptors (Lipinski definition) is 5. The van der Waals surface area contributed by atoms with Gasteiger partial charge in [-0.3, -0.25) is 15.8 Å². The summed E-state index contributed by atoms with van der Waals surface area (Å²) >= 11 is 0. The molecule has 2 fully saturated rings. The van der Waals surface area contributed by atoms with Crippen LogP contribution in [0.2, 0.25) is 0 Å². The molecule has 2 atom stereocenters. The monoisotopic (exact) mass is 333 g/mol. The second-order valence-corrected chi connectivity index (χ2v) is 7.08. The van der Waals surface area contributed by atoms with Crippen molar-refractivity contribution in [3.8, 4) is 11.5 Å². The number of nitrogens with one attached hydrogen (secondary N) is 1. The second-order valence-electron chi connectivity index (χ2n) is 7.08. The van der Waals surface area contributed by atoms with E-state index in [1.54, 1.807) is 36.2 Å². The van der Waals surface area contributed by atoms with E-state index >= 15 is 0 Å². The number of likely N-dealkylation sites (N-methyl/N-ethyl adjacent to an activating group) is 1. The van der Waals surface area contributed by atoms with Gasteiger partial charge in [-0.25, -0.2) is 0 Å². The molecule has 1 amide bonds. The zero-order valence-electron chi connectivity index (χ0n) is 14.2. The smallest absolute Gasteiger partial charge is 0.248 e. The van der Waals surface area contributed by atoms with Crippen molar-refractivity contribution < 1.29 is 14.6 Å². The Hall–Kier alpha value is -1.79. The maximum Gasteiger partial charge on any atom is 0.248 e. The van der Waals surface area contributed by atoms with E-state index in [4.69, 9.17) is 10.5 Å². The highest BCUT2D eigenvalue weighted by Crippen LogP contribution is 2.34. The highest BCUT2D eigenvalue weighted by Gasteiger charge is 2.50. The molecule has 132 valence electrons. The predicted molar refractivity (Wildman–Crippen MR) is 91.4 cm³/mol. The van der Waals surface area contributed by atoms with E-state index in [1.807, 2.05) is 0 Å². The quantitative estimate of drug-likeness (QED) is 0.764. The van der Waals surface area contributed by atoms with E-state index in [0.717, 1.165) is 19.3 Å². The van der Waals surface area contributed by atoms with Crippen molar-refractivity contribution in [2.75, 3.05) is 13.7 Å². The summed E-state index contributed by atoms with van der Waals surface area (Å²) < 4.78 is 5.88. The Morgan fingerprint density at radius 3 is 2.54 bits per heavy atom. The first-order chi connectivity index (χ1) is 11.5. The van der Waals surface area contributed by atoms with Gasteiger partial charge in [0.15, 0.2) is 0 Å². The number of aromatic hydroxyl groups is 1. The lowest BCUT2D eigenvalue weighted by atomic mass is 9.79. The number of phenolic OH excluding ortho intramolecular Hbond substituents is 1. The molecular weight excluding hydrogens is 306 g/mol. The number of benzene rings is 1. The van der Waals surface area contributed by atoms with Crippen molar-refractivity contribution in [3.63, 3.8) is 0 Å². The van der Waals surface area contributed by atoms with Crippen LogP contribution in [0.1, 0.15) is 38.5 Å². The molecule has 1 saturated carbocycles. The maximum absolute atomic E-state index is 12.9. The van der Waals surface area contributed by atoms with Gasteiger partial charge in [-0.05, 0) is 36.6 Å². The van der Waals surface area contributed by atoms with Crippen LogP contribution in [0.3, 0.4) is 0 Å². The average molecular weight is 333 g/mol. The van der Waals surface area contributed by atoms with Crippen LogP contribution in [-0.2, 0) is 4.79 Å². The molecule has 6 heteroatoms. The molecule has 0 bridgehead atoms. The third kappa shape index (κ3) is 3.49. The minimum absolute atomic E-state index is 0.000600. The second kappa shape index (κ2) is 6.99. The van der Waals surface area contributed by atoms with E-state index in [-0.39, 0.29) is 18.3 Å². The number of hydrogen-bond donors (Lipinski definition) is 3. The topological polar surface area (TPSA) is 87.8 Å². The Bertz CT molecular complexity index is 571. The van der Waals surface area contributed by atoms with E-state index in [9.17, 15) is 9.90 Å². The molecule has 1 aromatic rings. The van der Waals surface area contributed by atoms with Crippen LogP contribution in [0.15, 0.2) is 24.3 Å². The zero-order chi connectivity index (χ0) is 17.2. The fraction of sp³-hybridized carbons (Fsp3) is 0.611. The lowest BCUT2D eigenvalue weighted by molar-refractivity contribution is -0.133. The molecule has 0 radical (unpaired) electrons. The first-order valence-corrected chi connectivity index (χ1v) is 8.72. The standard InChI is InChI=1S/C18H27N3O3/c1-21-16(23)18(20-17(21)19,11-13-5-3-2-4-6-13)12-24-15-9-7-14(22)8-10-15/h7-10,13,17,20,22H,2-6,11-12,19H2,1H3. The highest BCUT2D eigenvalue weighted by molar-refractivity contribution is 5.88. The van der Waals surface area contributed by atoms with Crippen molar-refractivity contribution in [3.05, 3.63) is 24.3 Å². The Morgan fingerprint density at radius 1 is 1.29 bits per heavy atom. The average Bonchev–Trinajstić information content (AvgIpc) is 2.80. The molecule has 1 heterocycles. The highest BCUT2D eigenvalue weighted by atomic mass is 16.5. The van der Waals surface area contributed by atoms with Gasteiger partial charge in [0.1, 0.15) is 29.9 Å². The molecular formula is C18H27N3O3. The van der Waals surface area contributed by atoms with Crippen molar-refractivity contribution in [2.24, 2.45) is 11.7 Å². The SMILES string of the molecule is CN1C(=O)C(COc2ccc(O)cc2)(CC2CCCCC2)NC1N. The molecule has 4 N–H and O–H groups in total. The van der Waals surface area contributed by atoms with E-state index in [1.165, 1.54) is 19.3 Å². The van der Waals surface area contributed by atoms with Crippen LogP contribution in [0.4, 0.5) is 0 Å². The number of amides is 1. The number of nitrogens with zero attached hydrogens (tertiary/aromatic N) is 1. The Labute approximate surface area is 143 Å².